The van der Waals surface area contributed by atoms with E-state index >= 15 is 0 Å². The van der Waals surface area contributed by atoms with Crippen LogP contribution in [0.1, 0.15) is 26.5 Å². The summed E-state index contributed by atoms with van der Waals surface area (Å²) in [4.78, 5) is 14.8. The Balaban J connectivity index is 3.36. The van der Waals surface area contributed by atoms with Crippen LogP contribution < -0.4 is 5.69 Å². The zero-order chi connectivity index (χ0) is 9.35. The Labute approximate surface area is 72.1 Å². The number of hydrogen-bond acceptors (Lipinski definition) is 2. The van der Waals surface area contributed by atoms with Crippen molar-refractivity contribution in [1.82, 2.24) is 9.55 Å². The Morgan fingerprint density at radius 2 is 2.00 bits per heavy atom. The second-order valence-corrected chi connectivity index (χ2v) is 3.92. The predicted molar refractivity (Wildman–Crippen MR) is 48.2 cm³/mol. The van der Waals surface area contributed by atoms with Gasteiger partial charge < -0.3 is 0 Å². The lowest BCUT2D eigenvalue weighted by atomic mass is 9.92. The molecule has 0 fully saturated rings. The topological polar surface area (TPSA) is 34.9 Å². The fraction of sp³-hybridized carbons (Fsp3) is 0.556. The lowest BCUT2D eigenvalue weighted by molar-refractivity contribution is 0.525. The Kier molecular flexibility index (Phi) is 2.04. The fourth-order valence-electron chi connectivity index (χ4n) is 1.23. The van der Waals surface area contributed by atoms with Gasteiger partial charge in [-0.25, -0.2) is 9.78 Å². The zero-order valence-electron chi connectivity index (χ0n) is 7.96. The van der Waals surface area contributed by atoms with Crippen LogP contribution in [0.15, 0.2) is 17.1 Å². The molecule has 1 aromatic rings. The van der Waals surface area contributed by atoms with Crippen LogP contribution in [0.2, 0.25) is 0 Å². The van der Waals surface area contributed by atoms with Crippen molar-refractivity contribution >= 4 is 0 Å². The first-order valence-electron chi connectivity index (χ1n) is 3.95. The summed E-state index contributed by atoms with van der Waals surface area (Å²) in [5.41, 5.74) is 0.807. The Bertz CT molecular complexity index is 333. The maximum Gasteiger partial charge on any atom is 0.347 e. The summed E-state index contributed by atoms with van der Waals surface area (Å²) in [6, 6.07) is 1.88. The normalized spacial score (nSPS) is 11.7. The molecule has 0 amide bonds. The lowest BCUT2D eigenvalue weighted by Crippen LogP contribution is -2.28. The summed E-state index contributed by atoms with van der Waals surface area (Å²) >= 11 is 0. The van der Waals surface area contributed by atoms with Crippen molar-refractivity contribution < 1.29 is 0 Å². The van der Waals surface area contributed by atoms with E-state index in [9.17, 15) is 4.79 Å². The van der Waals surface area contributed by atoms with E-state index in [-0.39, 0.29) is 11.1 Å². The van der Waals surface area contributed by atoms with Crippen molar-refractivity contribution in [3.63, 3.8) is 0 Å². The van der Waals surface area contributed by atoms with Gasteiger partial charge in [0.05, 0.1) is 0 Å². The molecule has 0 unspecified atom stereocenters. The molecule has 0 saturated carbocycles. The lowest BCUT2D eigenvalue weighted by Gasteiger charge is -2.21. The van der Waals surface area contributed by atoms with Crippen molar-refractivity contribution in [2.75, 3.05) is 0 Å². The second-order valence-electron chi connectivity index (χ2n) is 3.92. The maximum absolute atomic E-state index is 11.1. The molecule has 1 heterocycles. The van der Waals surface area contributed by atoms with Crippen molar-refractivity contribution in [3.05, 3.63) is 28.4 Å². The highest BCUT2D eigenvalue weighted by Gasteiger charge is 2.16. The van der Waals surface area contributed by atoms with Gasteiger partial charge in [-0.2, -0.15) is 0 Å². The maximum atomic E-state index is 11.1. The Morgan fingerprint density at radius 1 is 1.42 bits per heavy atom. The molecule has 1 rings (SSSR count). The smallest absolute Gasteiger partial charge is 0.299 e. The quantitative estimate of drug-likeness (QED) is 0.578. The largest absolute Gasteiger partial charge is 0.347 e. The van der Waals surface area contributed by atoms with Gasteiger partial charge in [-0.05, 0) is 6.07 Å². The first-order valence-corrected chi connectivity index (χ1v) is 3.95. The molecular formula is C9H14N2O. The number of rotatable bonds is 0. The molecule has 0 aliphatic carbocycles. The average Bonchev–Trinajstić information content (AvgIpc) is 1.92. The molecule has 0 bridgehead atoms. The number of nitrogens with zero attached hydrogens (tertiary/aromatic N) is 2. The van der Waals surface area contributed by atoms with Gasteiger partial charge in [0.25, 0.3) is 0 Å². The predicted octanol–water partition coefficient (Wildman–Crippen LogP) is 1.08. The molecule has 0 radical (unpaired) electrons. The minimum absolute atomic E-state index is 0.00313. The van der Waals surface area contributed by atoms with Crippen molar-refractivity contribution in [2.45, 2.75) is 26.2 Å². The molecule has 0 aliphatic heterocycles. The van der Waals surface area contributed by atoms with Gasteiger partial charge in [-0.3, -0.25) is 4.57 Å². The van der Waals surface area contributed by atoms with E-state index in [0.29, 0.717) is 0 Å². The van der Waals surface area contributed by atoms with Crippen LogP contribution in [0, 0.1) is 0 Å². The summed E-state index contributed by atoms with van der Waals surface area (Å²) in [5, 5.41) is 0. The third-order valence-corrected chi connectivity index (χ3v) is 1.83. The van der Waals surface area contributed by atoms with Gasteiger partial charge in [0.15, 0.2) is 0 Å². The van der Waals surface area contributed by atoms with Crippen LogP contribution in [0.5, 0.6) is 0 Å². The molecule has 12 heavy (non-hydrogen) atoms. The Hall–Kier alpha value is -1.12. The van der Waals surface area contributed by atoms with E-state index in [4.69, 9.17) is 0 Å². The molecular weight excluding hydrogens is 152 g/mol. The van der Waals surface area contributed by atoms with Crippen molar-refractivity contribution in [2.24, 2.45) is 7.05 Å². The molecule has 1 aromatic heterocycles. The van der Waals surface area contributed by atoms with Crippen molar-refractivity contribution in [3.8, 4) is 0 Å². The van der Waals surface area contributed by atoms with E-state index < -0.39 is 0 Å². The van der Waals surface area contributed by atoms with E-state index in [0.717, 1.165) is 5.69 Å². The van der Waals surface area contributed by atoms with Crippen molar-refractivity contribution in [1.29, 1.82) is 0 Å². The highest BCUT2D eigenvalue weighted by atomic mass is 16.1. The van der Waals surface area contributed by atoms with Crippen LogP contribution in [0.4, 0.5) is 0 Å². The molecule has 0 aromatic carbocycles. The molecule has 3 heteroatoms. The van der Waals surface area contributed by atoms with E-state index in [1.807, 2.05) is 6.07 Å². The average molecular weight is 166 g/mol. The Morgan fingerprint density at radius 3 is 2.42 bits per heavy atom. The molecule has 3 nitrogen and oxygen atoms in total. The van der Waals surface area contributed by atoms with Gasteiger partial charge in [0.2, 0.25) is 0 Å². The molecule has 0 N–H and O–H groups in total. The molecule has 0 aliphatic rings. The van der Waals surface area contributed by atoms with Gasteiger partial charge >= 0.3 is 5.69 Å². The summed E-state index contributed by atoms with van der Waals surface area (Å²) in [7, 11) is 1.75. The standard InChI is InChI=1S/C9H14N2O/c1-9(2,3)7-5-6-10-8(12)11(7)4/h5-6H,1-4H3. The first-order chi connectivity index (χ1) is 5.43. The molecule has 0 atom stereocenters. The summed E-state index contributed by atoms with van der Waals surface area (Å²) in [5.74, 6) is 0. The van der Waals surface area contributed by atoms with Gasteiger partial charge in [-0.1, -0.05) is 20.8 Å². The monoisotopic (exact) mass is 166 g/mol. The van der Waals surface area contributed by atoms with Gasteiger partial charge in [-0.15, -0.1) is 0 Å². The van der Waals surface area contributed by atoms with Crippen LogP contribution in [0.3, 0.4) is 0 Å². The van der Waals surface area contributed by atoms with Crippen LogP contribution in [-0.4, -0.2) is 9.55 Å². The molecule has 0 spiro atoms. The van der Waals surface area contributed by atoms with Gasteiger partial charge in [0.1, 0.15) is 0 Å². The minimum Gasteiger partial charge on any atom is -0.299 e. The fourth-order valence-corrected chi connectivity index (χ4v) is 1.23. The van der Waals surface area contributed by atoms with E-state index in [2.05, 4.69) is 25.8 Å². The zero-order valence-corrected chi connectivity index (χ0v) is 7.96. The van der Waals surface area contributed by atoms with Gasteiger partial charge in [0, 0.05) is 24.4 Å². The number of aromatic nitrogens is 2. The SMILES string of the molecule is Cn1c(C(C)(C)C)ccnc1=O. The third kappa shape index (κ3) is 1.55. The molecule has 66 valence electrons. The molecule has 0 saturated heterocycles. The minimum atomic E-state index is -0.192. The van der Waals surface area contributed by atoms with E-state index in [1.165, 1.54) is 0 Å². The van der Waals surface area contributed by atoms with Crippen LogP contribution >= 0.6 is 0 Å². The third-order valence-electron chi connectivity index (χ3n) is 1.83. The summed E-state index contributed by atoms with van der Waals surface area (Å²) < 4.78 is 1.58. The number of hydrogen-bond donors (Lipinski definition) is 0. The highest BCUT2D eigenvalue weighted by Crippen LogP contribution is 2.18. The van der Waals surface area contributed by atoms with E-state index in [1.54, 1.807) is 17.8 Å². The summed E-state index contributed by atoms with van der Waals surface area (Å²) in [6.07, 6.45) is 1.56. The first kappa shape index (κ1) is 8.97. The van der Waals surface area contributed by atoms with Crippen LogP contribution in [-0.2, 0) is 12.5 Å². The van der Waals surface area contributed by atoms with Crippen LogP contribution in [0.25, 0.3) is 0 Å². The highest BCUT2D eigenvalue weighted by molar-refractivity contribution is 5.11. The second kappa shape index (κ2) is 2.73. The summed E-state index contributed by atoms with van der Waals surface area (Å²) in [6.45, 7) is 6.21.